The molecule has 0 aliphatic rings. The number of aromatic nitrogens is 1. The van der Waals surface area contributed by atoms with Gasteiger partial charge in [0.2, 0.25) is 5.91 Å². The highest BCUT2D eigenvalue weighted by atomic mass is 79.9. The summed E-state index contributed by atoms with van der Waals surface area (Å²) < 4.78 is 38.9. The van der Waals surface area contributed by atoms with Crippen LogP contribution in [0.15, 0.2) is 16.7 Å². The number of hydrogen-bond donors (Lipinski definition) is 1. The number of alkyl halides is 3. The van der Waals surface area contributed by atoms with Gasteiger partial charge in [-0.15, -0.1) is 0 Å². The van der Waals surface area contributed by atoms with Gasteiger partial charge in [-0.05, 0) is 35.8 Å². The molecule has 8 heteroatoms. The molecule has 0 bridgehead atoms. The van der Waals surface area contributed by atoms with Crippen molar-refractivity contribution in [3.8, 4) is 0 Å². The maximum atomic E-state index is 12.9. The Kier molecular flexibility index (Phi) is 6.44. The Morgan fingerprint density at radius 2 is 2.00 bits per heavy atom. The lowest BCUT2D eigenvalue weighted by Crippen LogP contribution is -2.31. The van der Waals surface area contributed by atoms with E-state index >= 15 is 0 Å². The number of pyridine rings is 1. The molecule has 1 amide bonds. The average Bonchev–Trinajstić information content (AvgIpc) is 2.40. The second-order valence-electron chi connectivity index (χ2n) is 4.29. The molecule has 1 heterocycles. The van der Waals surface area contributed by atoms with Crippen molar-refractivity contribution in [3.63, 3.8) is 0 Å². The van der Waals surface area contributed by atoms with Crippen LogP contribution >= 0.6 is 15.9 Å². The maximum absolute atomic E-state index is 12.9. The van der Waals surface area contributed by atoms with Crippen LogP contribution in [0, 0.1) is 0 Å². The van der Waals surface area contributed by atoms with Crippen LogP contribution in [0.1, 0.15) is 25.8 Å². The third-order valence-corrected chi connectivity index (χ3v) is 3.34. The first-order chi connectivity index (χ1) is 9.79. The predicted molar refractivity (Wildman–Crippen MR) is 78.0 cm³/mol. The van der Waals surface area contributed by atoms with Crippen molar-refractivity contribution in [2.75, 3.05) is 25.0 Å². The van der Waals surface area contributed by atoms with Crippen molar-refractivity contribution in [1.29, 1.82) is 0 Å². The van der Waals surface area contributed by atoms with Gasteiger partial charge in [-0.1, -0.05) is 0 Å². The molecule has 0 aromatic carbocycles. The zero-order valence-electron chi connectivity index (χ0n) is 11.8. The van der Waals surface area contributed by atoms with Crippen LogP contribution in [0.2, 0.25) is 0 Å². The van der Waals surface area contributed by atoms with Gasteiger partial charge in [-0.3, -0.25) is 4.79 Å². The van der Waals surface area contributed by atoms with Crippen LogP contribution in [0.3, 0.4) is 0 Å². The fourth-order valence-corrected chi connectivity index (χ4v) is 2.15. The van der Waals surface area contributed by atoms with Gasteiger partial charge < -0.3 is 10.2 Å². The minimum atomic E-state index is -4.50. The average molecular weight is 368 g/mol. The highest BCUT2D eigenvalue weighted by Gasteiger charge is 2.34. The molecule has 0 unspecified atom stereocenters. The molecule has 4 nitrogen and oxygen atoms in total. The largest absolute Gasteiger partial charge is 0.419 e. The lowest BCUT2D eigenvalue weighted by molar-refractivity contribution is -0.137. The van der Waals surface area contributed by atoms with Crippen LogP contribution in [-0.2, 0) is 11.0 Å². The molecule has 118 valence electrons. The van der Waals surface area contributed by atoms with Crippen molar-refractivity contribution in [2.24, 2.45) is 0 Å². The SMILES string of the molecule is CCN(CC)C(=O)CCNc1ncc(Br)cc1C(F)(F)F. The van der Waals surface area contributed by atoms with E-state index < -0.39 is 11.7 Å². The van der Waals surface area contributed by atoms with E-state index in [-0.39, 0.29) is 29.2 Å². The van der Waals surface area contributed by atoms with Crippen LogP contribution in [0.4, 0.5) is 19.0 Å². The smallest absolute Gasteiger partial charge is 0.369 e. The molecule has 0 saturated heterocycles. The number of anilines is 1. The van der Waals surface area contributed by atoms with Gasteiger partial charge in [0.15, 0.2) is 0 Å². The Labute approximate surface area is 129 Å². The van der Waals surface area contributed by atoms with Gasteiger partial charge in [-0.2, -0.15) is 13.2 Å². The molecule has 1 aromatic heterocycles. The number of amides is 1. The van der Waals surface area contributed by atoms with E-state index in [2.05, 4.69) is 26.2 Å². The molecule has 0 spiro atoms. The van der Waals surface area contributed by atoms with Crippen LogP contribution < -0.4 is 5.32 Å². The number of hydrogen-bond acceptors (Lipinski definition) is 3. The van der Waals surface area contributed by atoms with E-state index in [0.29, 0.717) is 13.1 Å². The highest BCUT2D eigenvalue weighted by Crippen LogP contribution is 2.35. The highest BCUT2D eigenvalue weighted by molar-refractivity contribution is 9.10. The first kappa shape index (κ1) is 17.7. The van der Waals surface area contributed by atoms with Gasteiger partial charge in [-0.25, -0.2) is 4.98 Å². The van der Waals surface area contributed by atoms with E-state index in [1.165, 1.54) is 6.20 Å². The Balaban J connectivity index is 2.70. The Morgan fingerprint density at radius 1 is 1.38 bits per heavy atom. The predicted octanol–water partition coefficient (Wildman–Crippen LogP) is 3.53. The minimum absolute atomic E-state index is 0.0989. The zero-order chi connectivity index (χ0) is 16.0. The zero-order valence-corrected chi connectivity index (χ0v) is 13.4. The number of nitrogens with one attached hydrogen (secondary N) is 1. The number of carbonyl (C=O) groups is 1. The topological polar surface area (TPSA) is 45.2 Å². The molecule has 1 N–H and O–H groups in total. The molecular formula is C13H17BrF3N3O. The molecule has 1 aromatic rings. The molecule has 0 radical (unpaired) electrons. The summed E-state index contributed by atoms with van der Waals surface area (Å²) in [6.07, 6.45) is -3.09. The lowest BCUT2D eigenvalue weighted by atomic mass is 10.2. The van der Waals surface area contributed by atoms with E-state index in [4.69, 9.17) is 0 Å². The third kappa shape index (κ3) is 5.18. The maximum Gasteiger partial charge on any atom is 0.419 e. The van der Waals surface area contributed by atoms with Crippen molar-refractivity contribution < 1.29 is 18.0 Å². The Bertz CT molecular complexity index is 490. The van der Waals surface area contributed by atoms with E-state index in [9.17, 15) is 18.0 Å². The van der Waals surface area contributed by atoms with Gasteiger partial charge in [0.25, 0.3) is 0 Å². The second-order valence-corrected chi connectivity index (χ2v) is 5.21. The molecule has 0 aliphatic carbocycles. The Hall–Kier alpha value is -1.31. The Morgan fingerprint density at radius 3 is 2.52 bits per heavy atom. The molecule has 0 saturated carbocycles. The van der Waals surface area contributed by atoms with Crippen molar-refractivity contribution >= 4 is 27.7 Å². The normalized spacial score (nSPS) is 11.3. The summed E-state index contributed by atoms with van der Waals surface area (Å²) in [5.74, 6) is -0.365. The van der Waals surface area contributed by atoms with E-state index in [1.54, 1.807) is 4.90 Å². The van der Waals surface area contributed by atoms with Gasteiger partial charge in [0.1, 0.15) is 5.82 Å². The number of nitrogens with zero attached hydrogens (tertiary/aromatic N) is 2. The molecule has 0 atom stereocenters. The number of halogens is 4. The summed E-state index contributed by atoms with van der Waals surface area (Å²) in [6, 6.07) is 0.960. The number of carbonyl (C=O) groups excluding carboxylic acids is 1. The van der Waals surface area contributed by atoms with Crippen molar-refractivity contribution in [3.05, 3.63) is 22.3 Å². The van der Waals surface area contributed by atoms with Gasteiger partial charge in [0.05, 0.1) is 5.56 Å². The molecule has 21 heavy (non-hydrogen) atoms. The lowest BCUT2D eigenvalue weighted by Gasteiger charge is -2.19. The first-order valence-corrected chi connectivity index (χ1v) is 7.33. The van der Waals surface area contributed by atoms with Crippen LogP contribution in [0.25, 0.3) is 0 Å². The summed E-state index contributed by atoms with van der Waals surface area (Å²) in [7, 11) is 0. The van der Waals surface area contributed by atoms with Gasteiger partial charge in [0, 0.05) is 36.7 Å². The van der Waals surface area contributed by atoms with Gasteiger partial charge >= 0.3 is 6.18 Å². The molecule has 1 rings (SSSR count). The fourth-order valence-electron chi connectivity index (χ4n) is 1.82. The molecule has 0 aliphatic heterocycles. The summed E-state index contributed by atoms with van der Waals surface area (Å²) in [5, 5.41) is 2.58. The quantitative estimate of drug-likeness (QED) is 0.836. The monoisotopic (exact) mass is 367 g/mol. The fraction of sp³-hybridized carbons (Fsp3) is 0.538. The van der Waals surface area contributed by atoms with Crippen LogP contribution in [-0.4, -0.2) is 35.4 Å². The molecular weight excluding hydrogens is 351 g/mol. The summed E-state index contributed by atoms with van der Waals surface area (Å²) >= 11 is 2.97. The van der Waals surface area contributed by atoms with Crippen molar-refractivity contribution in [2.45, 2.75) is 26.4 Å². The number of rotatable bonds is 6. The summed E-state index contributed by atoms with van der Waals surface area (Å²) in [5.41, 5.74) is -0.854. The van der Waals surface area contributed by atoms with E-state index in [1.807, 2.05) is 13.8 Å². The summed E-state index contributed by atoms with van der Waals surface area (Å²) in [4.78, 5) is 17.1. The standard InChI is InChI=1S/C13H17BrF3N3O/c1-3-20(4-2)11(21)5-6-18-12-10(13(15,16)17)7-9(14)8-19-12/h7-8H,3-6H2,1-2H3,(H,18,19). The minimum Gasteiger partial charge on any atom is -0.369 e. The second kappa shape index (κ2) is 7.63. The van der Waals surface area contributed by atoms with Crippen molar-refractivity contribution in [1.82, 2.24) is 9.88 Å². The first-order valence-electron chi connectivity index (χ1n) is 6.54. The molecule has 0 fully saturated rings. The summed E-state index contributed by atoms with van der Waals surface area (Å²) in [6.45, 7) is 4.98. The van der Waals surface area contributed by atoms with E-state index in [0.717, 1.165) is 6.07 Å². The van der Waals surface area contributed by atoms with Crippen LogP contribution in [0.5, 0.6) is 0 Å². The third-order valence-electron chi connectivity index (χ3n) is 2.91.